The quantitative estimate of drug-likeness (QED) is 0.751. The standard InChI is InChI=1S/C12H26N2/c1-4-11(13)12(3,5-2)14-9-7-6-8-10-14/h11H,4-10,13H2,1-3H3. The lowest BCUT2D eigenvalue weighted by Crippen LogP contribution is -2.58. The summed E-state index contributed by atoms with van der Waals surface area (Å²) in [6.07, 6.45) is 6.36. The minimum Gasteiger partial charge on any atom is -0.326 e. The third kappa shape index (κ3) is 2.29. The summed E-state index contributed by atoms with van der Waals surface area (Å²) in [5.41, 5.74) is 6.48. The maximum absolute atomic E-state index is 6.25. The first-order valence-electron chi connectivity index (χ1n) is 6.15. The smallest absolute Gasteiger partial charge is 0.0329 e. The molecule has 0 bridgehead atoms. The molecule has 0 saturated carbocycles. The van der Waals surface area contributed by atoms with Crippen molar-refractivity contribution in [3.05, 3.63) is 0 Å². The second kappa shape index (κ2) is 5.13. The molecule has 1 aliphatic rings. The molecule has 84 valence electrons. The largest absolute Gasteiger partial charge is 0.326 e. The summed E-state index contributed by atoms with van der Waals surface area (Å²) in [5.74, 6) is 0. The molecule has 1 fully saturated rings. The molecule has 0 amide bonds. The van der Waals surface area contributed by atoms with Crippen LogP contribution < -0.4 is 5.73 Å². The Morgan fingerprint density at radius 3 is 2.21 bits per heavy atom. The van der Waals surface area contributed by atoms with Gasteiger partial charge in [0.05, 0.1) is 0 Å². The van der Waals surface area contributed by atoms with Gasteiger partial charge in [-0.25, -0.2) is 0 Å². The van der Waals surface area contributed by atoms with E-state index in [1.54, 1.807) is 0 Å². The highest BCUT2D eigenvalue weighted by Crippen LogP contribution is 2.27. The molecule has 0 aromatic heterocycles. The summed E-state index contributed by atoms with van der Waals surface area (Å²) in [4.78, 5) is 2.62. The lowest BCUT2D eigenvalue weighted by molar-refractivity contribution is 0.0535. The van der Waals surface area contributed by atoms with Gasteiger partial charge in [-0.3, -0.25) is 4.90 Å². The Kier molecular flexibility index (Phi) is 4.39. The van der Waals surface area contributed by atoms with Crippen molar-refractivity contribution >= 4 is 0 Å². The van der Waals surface area contributed by atoms with Gasteiger partial charge in [0.2, 0.25) is 0 Å². The zero-order valence-corrected chi connectivity index (χ0v) is 10.1. The number of nitrogens with two attached hydrogens (primary N) is 1. The van der Waals surface area contributed by atoms with Crippen molar-refractivity contribution in [1.82, 2.24) is 4.90 Å². The van der Waals surface area contributed by atoms with Crippen molar-refractivity contribution in [2.45, 2.75) is 64.5 Å². The third-order valence-electron chi connectivity index (χ3n) is 4.03. The van der Waals surface area contributed by atoms with Crippen LogP contribution in [0.5, 0.6) is 0 Å². The van der Waals surface area contributed by atoms with Gasteiger partial charge in [0.15, 0.2) is 0 Å². The van der Waals surface area contributed by atoms with Crippen molar-refractivity contribution in [2.24, 2.45) is 5.73 Å². The summed E-state index contributed by atoms with van der Waals surface area (Å²) in [6, 6.07) is 0.325. The minimum absolute atomic E-state index is 0.231. The van der Waals surface area contributed by atoms with E-state index in [9.17, 15) is 0 Å². The van der Waals surface area contributed by atoms with Crippen molar-refractivity contribution in [3.63, 3.8) is 0 Å². The Balaban J connectivity index is 2.65. The molecule has 0 aromatic carbocycles. The van der Waals surface area contributed by atoms with Crippen LogP contribution in [-0.2, 0) is 0 Å². The number of hydrogen-bond donors (Lipinski definition) is 1. The van der Waals surface area contributed by atoms with E-state index in [2.05, 4.69) is 25.7 Å². The number of likely N-dealkylation sites (tertiary alicyclic amines) is 1. The Morgan fingerprint density at radius 1 is 1.21 bits per heavy atom. The van der Waals surface area contributed by atoms with Crippen LogP contribution in [0.4, 0.5) is 0 Å². The van der Waals surface area contributed by atoms with Gasteiger partial charge in [-0.15, -0.1) is 0 Å². The Bertz CT molecular complexity index is 164. The van der Waals surface area contributed by atoms with E-state index < -0.39 is 0 Å². The predicted octanol–water partition coefficient (Wildman–Crippen LogP) is 2.38. The predicted molar refractivity (Wildman–Crippen MR) is 62.4 cm³/mol. The van der Waals surface area contributed by atoms with Crippen molar-refractivity contribution in [2.75, 3.05) is 13.1 Å². The van der Waals surface area contributed by atoms with Gasteiger partial charge in [-0.2, -0.15) is 0 Å². The summed E-state index contributed by atoms with van der Waals surface area (Å²) in [7, 11) is 0. The lowest BCUT2D eigenvalue weighted by atomic mass is 9.85. The highest BCUT2D eigenvalue weighted by atomic mass is 15.2. The third-order valence-corrected chi connectivity index (χ3v) is 4.03. The molecule has 1 aliphatic heterocycles. The number of piperidine rings is 1. The van der Waals surface area contributed by atoms with Crippen LogP contribution in [0.2, 0.25) is 0 Å². The molecule has 0 aliphatic carbocycles. The van der Waals surface area contributed by atoms with E-state index in [0.29, 0.717) is 6.04 Å². The Morgan fingerprint density at radius 2 is 1.79 bits per heavy atom. The zero-order chi connectivity index (χ0) is 10.6. The lowest BCUT2D eigenvalue weighted by Gasteiger charge is -2.46. The second-order valence-corrected chi connectivity index (χ2v) is 4.77. The monoisotopic (exact) mass is 198 g/mol. The Labute approximate surface area is 88.8 Å². The molecule has 0 radical (unpaired) electrons. The van der Waals surface area contributed by atoms with Gasteiger partial charge in [0.1, 0.15) is 0 Å². The van der Waals surface area contributed by atoms with Crippen molar-refractivity contribution < 1.29 is 0 Å². The summed E-state index contributed by atoms with van der Waals surface area (Å²) in [5, 5.41) is 0. The summed E-state index contributed by atoms with van der Waals surface area (Å²) < 4.78 is 0. The van der Waals surface area contributed by atoms with Crippen molar-refractivity contribution in [1.29, 1.82) is 0 Å². The first kappa shape index (κ1) is 12.0. The molecule has 0 spiro atoms. The van der Waals surface area contributed by atoms with Gasteiger partial charge in [0.25, 0.3) is 0 Å². The highest BCUT2D eigenvalue weighted by Gasteiger charge is 2.35. The fraction of sp³-hybridized carbons (Fsp3) is 1.00. The maximum atomic E-state index is 6.25. The zero-order valence-electron chi connectivity index (χ0n) is 10.1. The molecule has 2 atom stereocenters. The number of nitrogens with zero attached hydrogens (tertiary/aromatic N) is 1. The van der Waals surface area contributed by atoms with Crippen LogP contribution in [-0.4, -0.2) is 29.6 Å². The normalized spacial score (nSPS) is 25.7. The molecule has 2 heteroatoms. The van der Waals surface area contributed by atoms with E-state index in [0.717, 1.165) is 6.42 Å². The summed E-state index contributed by atoms with van der Waals surface area (Å²) >= 11 is 0. The van der Waals surface area contributed by atoms with Gasteiger partial charge < -0.3 is 5.73 Å². The van der Waals surface area contributed by atoms with Crippen LogP contribution in [0, 0.1) is 0 Å². The first-order chi connectivity index (χ1) is 6.65. The van der Waals surface area contributed by atoms with E-state index >= 15 is 0 Å². The fourth-order valence-corrected chi connectivity index (χ4v) is 2.56. The number of hydrogen-bond acceptors (Lipinski definition) is 2. The Hall–Kier alpha value is -0.0800. The maximum Gasteiger partial charge on any atom is 0.0329 e. The molecule has 1 rings (SSSR count). The molecule has 14 heavy (non-hydrogen) atoms. The average molecular weight is 198 g/mol. The van der Waals surface area contributed by atoms with Crippen LogP contribution >= 0.6 is 0 Å². The van der Waals surface area contributed by atoms with Crippen LogP contribution in [0.1, 0.15) is 52.9 Å². The molecule has 1 saturated heterocycles. The SMILES string of the molecule is CCC(N)C(C)(CC)N1CCCCC1. The van der Waals surface area contributed by atoms with E-state index in [1.165, 1.54) is 38.8 Å². The topological polar surface area (TPSA) is 29.3 Å². The molecule has 2 unspecified atom stereocenters. The van der Waals surface area contributed by atoms with Gasteiger partial charge >= 0.3 is 0 Å². The van der Waals surface area contributed by atoms with Crippen molar-refractivity contribution in [3.8, 4) is 0 Å². The average Bonchev–Trinajstić information content (AvgIpc) is 2.28. The first-order valence-corrected chi connectivity index (χ1v) is 6.15. The molecular formula is C12H26N2. The van der Waals surface area contributed by atoms with Gasteiger partial charge in [0, 0.05) is 11.6 Å². The van der Waals surface area contributed by atoms with Crippen LogP contribution in [0.3, 0.4) is 0 Å². The molecular weight excluding hydrogens is 172 g/mol. The fourth-order valence-electron chi connectivity index (χ4n) is 2.56. The highest BCUT2D eigenvalue weighted by molar-refractivity contribution is 4.94. The van der Waals surface area contributed by atoms with E-state index in [1.807, 2.05) is 0 Å². The molecule has 1 heterocycles. The van der Waals surface area contributed by atoms with E-state index in [4.69, 9.17) is 5.73 Å². The summed E-state index contributed by atoms with van der Waals surface area (Å²) in [6.45, 7) is 9.30. The molecule has 2 nitrogen and oxygen atoms in total. The molecule has 2 N–H and O–H groups in total. The van der Waals surface area contributed by atoms with Crippen LogP contribution in [0.25, 0.3) is 0 Å². The van der Waals surface area contributed by atoms with E-state index in [-0.39, 0.29) is 5.54 Å². The van der Waals surface area contributed by atoms with Crippen LogP contribution in [0.15, 0.2) is 0 Å². The molecule has 0 aromatic rings. The number of rotatable bonds is 4. The van der Waals surface area contributed by atoms with Gasteiger partial charge in [-0.05, 0) is 45.7 Å². The second-order valence-electron chi connectivity index (χ2n) is 4.77. The van der Waals surface area contributed by atoms with Gasteiger partial charge in [-0.1, -0.05) is 20.3 Å². The minimum atomic E-state index is 0.231.